The minimum atomic E-state index is -0.484. The van der Waals surface area contributed by atoms with Crippen molar-refractivity contribution in [1.82, 2.24) is 0 Å². The van der Waals surface area contributed by atoms with E-state index in [1.165, 1.54) is 70.2 Å². The molecule has 0 saturated heterocycles. The zero-order chi connectivity index (χ0) is 46.4. The highest BCUT2D eigenvalue weighted by Gasteiger charge is 2.52. The van der Waals surface area contributed by atoms with Crippen LogP contribution in [-0.2, 0) is 5.41 Å². The van der Waals surface area contributed by atoms with Crippen molar-refractivity contribution in [2.45, 2.75) is 5.41 Å². The van der Waals surface area contributed by atoms with Crippen LogP contribution in [0, 0.1) is 0 Å². The van der Waals surface area contributed by atoms with Gasteiger partial charge in [0.1, 0.15) is 22.3 Å². The lowest BCUT2D eigenvalue weighted by atomic mass is 9.70. The predicted octanol–water partition coefficient (Wildman–Crippen LogP) is 19.0. The van der Waals surface area contributed by atoms with Crippen LogP contribution in [0.4, 0.5) is 17.1 Å². The van der Waals surface area contributed by atoms with E-state index in [1.807, 2.05) is 11.3 Å². The number of para-hydroxylation sites is 1. The van der Waals surface area contributed by atoms with Crippen LogP contribution < -0.4 is 4.90 Å². The van der Waals surface area contributed by atoms with Gasteiger partial charge in [0, 0.05) is 60.0 Å². The van der Waals surface area contributed by atoms with E-state index in [0.29, 0.717) is 0 Å². The molecule has 2 aliphatic rings. The Balaban J connectivity index is 0.973. The van der Waals surface area contributed by atoms with Gasteiger partial charge in [-0.1, -0.05) is 182 Å². The summed E-state index contributed by atoms with van der Waals surface area (Å²) in [5.74, 6) is 0. The molecule has 14 aromatic rings. The van der Waals surface area contributed by atoms with Crippen molar-refractivity contribution < 1.29 is 8.83 Å². The highest BCUT2D eigenvalue weighted by Crippen LogP contribution is 2.64. The van der Waals surface area contributed by atoms with Crippen LogP contribution in [0.2, 0.25) is 0 Å². The molecule has 3 heterocycles. The van der Waals surface area contributed by atoms with Crippen LogP contribution in [0.3, 0.4) is 0 Å². The Morgan fingerprint density at radius 2 is 0.972 bits per heavy atom. The minimum absolute atomic E-state index is 0.484. The van der Waals surface area contributed by atoms with Crippen molar-refractivity contribution in [3.63, 3.8) is 0 Å². The van der Waals surface area contributed by atoms with Crippen molar-refractivity contribution in [2.24, 2.45) is 0 Å². The van der Waals surface area contributed by atoms with Gasteiger partial charge < -0.3 is 13.7 Å². The van der Waals surface area contributed by atoms with Gasteiger partial charge in [-0.3, -0.25) is 0 Å². The normalized spacial score (nSPS) is 13.2. The lowest BCUT2D eigenvalue weighted by Crippen LogP contribution is -2.25. The number of anilines is 3. The predicted molar refractivity (Wildman–Crippen MR) is 296 cm³/mol. The Kier molecular flexibility index (Phi) is 7.97. The SMILES string of the molecule is c1ccc(-c2cccc(N(c3ccc4c(c3)oc3c(-c5cccc6c5-c5ccccc5C65c6ccccc6-c6ccccc65)c5c(cc34)oc3ccccc35)c3cccc4c3sc3ccccc34)c2)cc1. The van der Waals surface area contributed by atoms with Gasteiger partial charge in [0.15, 0.2) is 0 Å². The minimum Gasteiger partial charge on any atom is -0.456 e. The Labute approximate surface area is 412 Å². The fourth-order valence-electron chi connectivity index (χ4n) is 12.6. The number of hydrogen-bond donors (Lipinski definition) is 0. The van der Waals surface area contributed by atoms with Crippen molar-refractivity contribution in [3.8, 4) is 44.5 Å². The van der Waals surface area contributed by atoms with Gasteiger partial charge in [-0.05, 0) is 110 Å². The first-order valence-electron chi connectivity index (χ1n) is 24.3. The molecule has 1 spiro atoms. The van der Waals surface area contributed by atoms with E-state index in [0.717, 1.165) is 77.6 Å². The molecule has 0 atom stereocenters. The second kappa shape index (κ2) is 14.5. The van der Waals surface area contributed by atoms with Gasteiger partial charge in [0.05, 0.1) is 15.8 Å². The molecule has 71 heavy (non-hydrogen) atoms. The maximum absolute atomic E-state index is 7.47. The summed E-state index contributed by atoms with van der Waals surface area (Å²) in [6.07, 6.45) is 0. The van der Waals surface area contributed by atoms with E-state index < -0.39 is 5.41 Å². The highest BCUT2D eigenvalue weighted by atomic mass is 32.1. The first kappa shape index (κ1) is 38.9. The van der Waals surface area contributed by atoms with E-state index in [1.54, 1.807) is 0 Å². The van der Waals surface area contributed by atoms with Gasteiger partial charge in [0.25, 0.3) is 0 Å². The van der Waals surface area contributed by atoms with E-state index in [4.69, 9.17) is 8.83 Å². The molecule has 3 aromatic heterocycles. The van der Waals surface area contributed by atoms with Gasteiger partial charge in [0.2, 0.25) is 0 Å². The number of furan rings is 2. The standard InChI is InChI=1S/C67H39NO2S/c1-2-17-40(18-3-1)41-19-14-20-42(37-41)68(57-32-16-26-48-47-23-8-13-34-61(47)71-66(48)57)43-35-36-46-52-39-60-63(50-25-7-12-33-58(50)69-60)64(65(52)70-59(46)38-43)51-27-15-31-56-62(51)49-24-6-11-30-55(49)67(56)53-28-9-4-21-44(53)45-22-5-10-29-54(45)67/h1-39H. The van der Waals surface area contributed by atoms with Crippen molar-refractivity contribution in [3.05, 3.63) is 259 Å². The summed E-state index contributed by atoms with van der Waals surface area (Å²) in [6.45, 7) is 0. The Morgan fingerprint density at radius 3 is 1.80 bits per heavy atom. The number of nitrogens with zero attached hydrogens (tertiary/aromatic N) is 1. The zero-order valence-corrected chi connectivity index (χ0v) is 39.0. The van der Waals surface area contributed by atoms with Gasteiger partial charge in [-0.2, -0.15) is 0 Å². The van der Waals surface area contributed by atoms with E-state index in [-0.39, 0.29) is 0 Å². The summed E-state index contributed by atoms with van der Waals surface area (Å²) >= 11 is 1.85. The summed E-state index contributed by atoms with van der Waals surface area (Å²) in [5.41, 5.74) is 20.9. The molecule has 0 saturated carbocycles. The van der Waals surface area contributed by atoms with Gasteiger partial charge >= 0.3 is 0 Å². The summed E-state index contributed by atoms with van der Waals surface area (Å²) in [6, 6.07) is 86.4. The number of benzene rings is 11. The number of thiophene rings is 1. The maximum Gasteiger partial charge on any atom is 0.144 e. The first-order valence-corrected chi connectivity index (χ1v) is 25.1. The van der Waals surface area contributed by atoms with E-state index >= 15 is 0 Å². The van der Waals surface area contributed by atoms with Crippen LogP contribution in [0.15, 0.2) is 245 Å². The second-order valence-corrected chi connectivity index (χ2v) is 20.1. The molecule has 0 radical (unpaired) electrons. The third kappa shape index (κ3) is 5.26. The van der Waals surface area contributed by atoms with Crippen LogP contribution in [0.25, 0.3) is 109 Å². The van der Waals surface area contributed by atoms with Gasteiger partial charge in [-0.25, -0.2) is 0 Å². The molecule has 2 aliphatic carbocycles. The lowest BCUT2D eigenvalue weighted by Gasteiger charge is -2.30. The fraction of sp³-hybridized carbons (Fsp3) is 0.0149. The van der Waals surface area contributed by atoms with Crippen molar-refractivity contribution in [1.29, 1.82) is 0 Å². The largest absolute Gasteiger partial charge is 0.456 e. The molecule has 0 aliphatic heterocycles. The number of fused-ring (bicyclic) bond motifs is 19. The van der Waals surface area contributed by atoms with Crippen molar-refractivity contribution >= 4 is 92.4 Å². The lowest BCUT2D eigenvalue weighted by molar-refractivity contribution is 0.664. The average molecular weight is 922 g/mol. The molecular weight excluding hydrogens is 883 g/mol. The molecular formula is C67H39NO2S. The van der Waals surface area contributed by atoms with Crippen LogP contribution in [0.5, 0.6) is 0 Å². The van der Waals surface area contributed by atoms with E-state index in [2.05, 4.69) is 241 Å². The zero-order valence-electron chi connectivity index (χ0n) is 38.2. The summed E-state index contributed by atoms with van der Waals surface area (Å²) < 4.78 is 16.8. The van der Waals surface area contributed by atoms with Crippen molar-refractivity contribution in [2.75, 3.05) is 4.90 Å². The number of hydrogen-bond acceptors (Lipinski definition) is 4. The van der Waals surface area contributed by atoms with Gasteiger partial charge in [-0.15, -0.1) is 11.3 Å². The number of rotatable bonds is 5. The Hall–Kier alpha value is -8.96. The molecule has 16 rings (SSSR count). The Bertz CT molecular complexity index is 4510. The molecule has 0 unspecified atom stereocenters. The smallest absolute Gasteiger partial charge is 0.144 e. The van der Waals surface area contributed by atoms with Crippen LogP contribution >= 0.6 is 11.3 Å². The highest BCUT2D eigenvalue weighted by molar-refractivity contribution is 7.26. The summed E-state index contributed by atoms with van der Waals surface area (Å²) in [5, 5.41) is 6.70. The topological polar surface area (TPSA) is 29.5 Å². The molecule has 0 fully saturated rings. The monoisotopic (exact) mass is 921 g/mol. The third-order valence-corrected chi connectivity index (χ3v) is 16.7. The second-order valence-electron chi connectivity index (χ2n) is 19.0. The van der Waals surface area contributed by atoms with Crippen LogP contribution in [0.1, 0.15) is 22.3 Å². The first-order chi connectivity index (χ1) is 35.2. The summed E-state index contributed by atoms with van der Waals surface area (Å²) in [4.78, 5) is 2.41. The third-order valence-electron chi connectivity index (χ3n) is 15.5. The quantitative estimate of drug-likeness (QED) is 0.172. The molecule has 0 bridgehead atoms. The molecule has 11 aromatic carbocycles. The molecule has 0 N–H and O–H groups in total. The maximum atomic E-state index is 7.47. The summed E-state index contributed by atoms with van der Waals surface area (Å²) in [7, 11) is 0. The van der Waals surface area contributed by atoms with E-state index in [9.17, 15) is 0 Å². The molecule has 3 nitrogen and oxygen atoms in total. The molecule has 4 heteroatoms. The molecule has 330 valence electrons. The molecule has 0 amide bonds. The average Bonchev–Trinajstić information content (AvgIpc) is 4.25. The Morgan fingerprint density at radius 1 is 0.352 bits per heavy atom. The fourth-order valence-corrected chi connectivity index (χ4v) is 13.8. The van der Waals surface area contributed by atoms with Crippen LogP contribution in [-0.4, -0.2) is 0 Å².